The van der Waals surface area contributed by atoms with Crippen molar-refractivity contribution in [2.75, 3.05) is 13.2 Å². The van der Waals surface area contributed by atoms with Crippen molar-refractivity contribution >= 4 is 5.91 Å². The van der Waals surface area contributed by atoms with Crippen LogP contribution in [-0.4, -0.2) is 24.6 Å². The van der Waals surface area contributed by atoms with Crippen LogP contribution in [-0.2, 0) is 11.2 Å². The molecule has 0 spiro atoms. The number of amides is 1. The highest BCUT2D eigenvalue weighted by atomic mass is 16.5. The molecule has 4 nitrogen and oxygen atoms in total. The van der Waals surface area contributed by atoms with Gasteiger partial charge in [-0.05, 0) is 44.9 Å². The van der Waals surface area contributed by atoms with Crippen molar-refractivity contribution in [2.45, 2.75) is 39.2 Å². The Bertz CT molecular complexity index is 394. The van der Waals surface area contributed by atoms with Crippen LogP contribution in [0.5, 0.6) is 5.75 Å². The summed E-state index contributed by atoms with van der Waals surface area (Å²) in [4.78, 5) is 11.6. The number of benzene rings is 1. The standard InChI is InChI=1S/C15H24N2O2/c1-4-19-13-7-5-12(6-8-13)9-10-17-14(18)11-15(2,3)16/h5-8H,4,9-11,16H2,1-3H3,(H,17,18). The molecule has 0 bridgehead atoms. The third-order valence-corrected chi connectivity index (χ3v) is 2.59. The van der Waals surface area contributed by atoms with E-state index in [9.17, 15) is 4.79 Å². The third kappa shape index (κ3) is 6.82. The van der Waals surface area contributed by atoms with E-state index >= 15 is 0 Å². The fourth-order valence-corrected chi connectivity index (χ4v) is 1.74. The van der Waals surface area contributed by atoms with Crippen LogP contribution in [0.25, 0.3) is 0 Å². The summed E-state index contributed by atoms with van der Waals surface area (Å²) in [5.41, 5.74) is 6.51. The molecular formula is C15H24N2O2. The highest BCUT2D eigenvalue weighted by Gasteiger charge is 2.15. The van der Waals surface area contributed by atoms with Gasteiger partial charge >= 0.3 is 0 Å². The molecule has 0 aromatic heterocycles. The van der Waals surface area contributed by atoms with Crippen molar-refractivity contribution in [3.05, 3.63) is 29.8 Å². The highest BCUT2D eigenvalue weighted by Crippen LogP contribution is 2.12. The average Bonchev–Trinajstić information content (AvgIpc) is 2.29. The normalized spacial score (nSPS) is 11.2. The summed E-state index contributed by atoms with van der Waals surface area (Å²) in [6.07, 6.45) is 1.15. The van der Waals surface area contributed by atoms with E-state index in [0.29, 0.717) is 19.6 Å². The Kier molecular flexibility index (Phi) is 5.83. The second-order valence-electron chi connectivity index (χ2n) is 5.34. The Balaban J connectivity index is 2.31. The zero-order valence-corrected chi connectivity index (χ0v) is 12.0. The molecule has 0 saturated heterocycles. The van der Waals surface area contributed by atoms with Crippen LogP contribution in [0.4, 0.5) is 0 Å². The topological polar surface area (TPSA) is 64.3 Å². The number of nitrogens with two attached hydrogens (primary N) is 1. The zero-order chi connectivity index (χ0) is 14.3. The highest BCUT2D eigenvalue weighted by molar-refractivity contribution is 5.77. The number of rotatable bonds is 7. The Labute approximate surface area is 115 Å². The number of nitrogens with one attached hydrogen (secondary N) is 1. The second-order valence-corrected chi connectivity index (χ2v) is 5.34. The van der Waals surface area contributed by atoms with Gasteiger partial charge in [-0.2, -0.15) is 0 Å². The molecule has 0 fully saturated rings. The van der Waals surface area contributed by atoms with Crippen molar-refractivity contribution in [2.24, 2.45) is 5.73 Å². The summed E-state index contributed by atoms with van der Waals surface area (Å²) >= 11 is 0. The molecule has 106 valence electrons. The first-order valence-electron chi connectivity index (χ1n) is 6.68. The summed E-state index contributed by atoms with van der Waals surface area (Å²) in [5, 5.41) is 2.88. The van der Waals surface area contributed by atoms with Crippen LogP contribution < -0.4 is 15.8 Å². The maximum absolute atomic E-state index is 11.6. The maximum Gasteiger partial charge on any atom is 0.221 e. The van der Waals surface area contributed by atoms with E-state index in [4.69, 9.17) is 10.5 Å². The predicted molar refractivity (Wildman–Crippen MR) is 77.2 cm³/mol. The lowest BCUT2D eigenvalue weighted by Crippen LogP contribution is -2.39. The molecular weight excluding hydrogens is 240 g/mol. The maximum atomic E-state index is 11.6. The van der Waals surface area contributed by atoms with Crippen LogP contribution in [0.1, 0.15) is 32.8 Å². The molecule has 1 rings (SSSR count). The van der Waals surface area contributed by atoms with Gasteiger partial charge in [0.25, 0.3) is 0 Å². The van der Waals surface area contributed by atoms with Gasteiger partial charge in [0.05, 0.1) is 6.61 Å². The first-order valence-corrected chi connectivity index (χ1v) is 6.68. The van der Waals surface area contributed by atoms with Gasteiger partial charge in [-0.25, -0.2) is 0 Å². The largest absolute Gasteiger partial charge is 0.494 e. The van der Waals surface area contributed by atoms with Gasteiger partial charge in [0.2, 0.25) is 5.91 Å². The minimum atomic E-state index is -0.455. The Morgan fingerprint density at radius 3 is 2.47 bits per heavy atom. The molecule has 0 atom stereocenters. The van der Waals surface area contributed by atoms with Crippen LogP contribution in [0.2, 0.25) is 0 Å². The Morgan fingerprint density at radius 2 is 1.95 bits per heavy atom. The van der Waals surface area contributed by atoms with Gasteiger partial charge in [-0.15, -0.1) is 0 Å². The summed E-state index contributed by atoms with van der Waals surface area (Å²) in [7, 11) is 0. The van der Waals surface area contributed by atoms with E-state index in [0.717, 1.165) is 12.2 Å². The molecule has 0 radical (unpaired) electrons. The van der Waals surface area contributed by atoms with E-state index in [2.05, 4.69) is 5.32 Å². The van der Waals surface area contributed by atoms with Crippen molar-refractivity contribution in [3.63, 3.8) is 0 Å². The van der Waals surface area contributed by atoms with Gasteiger partial charge in [-0.3, -0.25) is 4.79 Å². The lowest BCUT2D eigenvalue weighted by atomic mass is 10.0. The van der Waals surface area contributed by atoms with E-state index in [1.165, 1.54) is 5.56 Å². The summed E-state index contributed by atoms with van der Waals surface area (Å²) in [5.74, 6) is 0.874. The van der Waals surface area contributed by atoms with Crippen LogP contribution >= 0.6 is 0 Å². The van der Waals surface area contributed by atoms with Crippen LogP contribution in [0.15, 0.2) is 24.3 Å². The van der Waals surface area contributed by atoms with Crippen molar-refractivity contribution in [1.29, 1.82) is 0 Å². The first-order chi connectivity index (χ1) is 8.90. The fraction of sp³-hybridized carbons (Fsp3) is 0.533. The lowest BCUT2D eigenvalue weighted by Gasteiger charge is -2.17. The van der Waals surface area contributed by atoms with Crippen LogP contribution in [0.3, 0.4) is 0 Å². The van der Waals surface area contributed by atoms with Gasteiger partial charge in [0.15, 0.2) is 0 Å². The van der Waals surface area contributed by atoms with Crippen molar-refractivity contribution in [3.8, 4) is 5.75 Å². The van der Waals surface area contributed by atoms with Gasteiger partial charge in [-0.1, -0.05) is 12.1 Å². The molecule has 0 saturated carbocycles. The number of carbonyl (C=O) groups is 1. The van der Waals surface area contributed by atoms with E-state index in [1.807, 2.05) is 45.0 Å². The second kappa shape index (κ2) is 7.14. The Hall–Kier alpha value is -1.55. The number of hydrogen-bond acceptors (Lipinski definition) is 3. The summed E-state index contributed by atoms with van der Waals surface area (Å²) < 4.78 is 5.37. The summed E-state index contributed by atoms with van der Waals surface area (Å²) in [6.45, 7) is 6.95. The van der Waals surface area contributed by atoms with E-state index < -0.39 is 5.54 Å². The SMILES string of the molecule is CCOc1ccc(CCNC(=O)CC(C)(C)N)cc1. The number of hydrogen-bond donors (Lipinski definition) is 2. The molecule has 0 unspecified atom stereocenters. The monoisotopic (exact) mass is 264 g/mol. The Morgan fingerprint density at radius 1 is 1.32 bits per heavy atom. The molecule has 1 amide bonds. The minimum Gasteiger partial charge on any atom is -0.494 e. The molecule has 0 aliphatic rings. The fourth-order valence-electron chi connectivity index (χ4n) is 1.74. The molecule has 1 aromatic carbocycles. The first kappa shape index (κ1) is 15.5. The van der Waals surface area contributed by atoms with Gasteiger partial charge in [0.1, 0.15) is 5.75 Å². The lowest BCUT2D eigenvalue weighted by molar-refractivity contribution is -0.121. The van der Waals surface area contributed by atoms with Gasteiger partial charge < -0.3 is 15.8 Å². The smallest absolute Gasteiger partial charge is 0.221 e. The molecule has 19 heavy (non-hydrogen) atoms. The molecule has 0 aliphatic carbocycles. The predicted octanol–water partition coefficient (Wildman–Crippen LogP) is 1.87. The quantitative estimate of drug-likeness (QED) is 0.790. The minimum absolute atomic E-state index is 0.00145. The van der Waals surface area contributed by atoms with Crippen molar-refractivity contribution < 1.29 is 9.53 Å². The third-order valence-electron chi connectivity index (χ3n) is 2.59. The van der Waals surface area contributed by atoms with E-state index in [-0.39, 0.29) is 5.91 Å². The molecule has 0 aliphatic heterocycles. The number of ether oxygens (including phenoxy) is 1. The van der Waals surface area contributed by atoms with E-state index in [1.54, 1.807) is 0 Å². The van der Waals surface area contributed by atoms with Gasteiger partial charge in [0, 0.05) is 18.5 Å². The van der Waals surface area contributed by atoms with Crippen LogP contribution in [0, 0.1) is 0 Å². The molecule has 3 N–H and O–H groups in total. The number of carbonyl (C=O) groups excluding carboxylic acids is 1. The molecule has 0 heterocycles. The summed E-state index contributed by atoms with van der Waals surface area (Å²) in [6, 6.07) is 7.93. The molecule has 4 heteroatoms. The van der Waals surface area contributed by atoms with Crippen molar-refractivity contribution in [1.82, 2.24) is 5.32 Å². The average molecular weight is 264 g/mol. The zero-order valence-electron chi connectivity index (χ0n) is 12.0. The molecule has 1 aromatic rings.